The average molecular weight is 512 g/mol. The molecule has 0 bridgehead atoms. The topological polar surface area (TPSA) is 82.4 Å². The zero-order valence-electron chi connectivity index (χ0n) is 21.1. The maximum absolute atomic E-state index is 13.7. The number of nitrogens with zero attached hydrogens (tertiary/aromatic N) is 2. The van der Waals surface area contributed by atoms with Crippen molar-refractivity contribution < 1.29 is 14.3 Å². The number of benzene rings is 3. The van der Waals surface area contributed by atoms with E-state index in [1.165, 1.54) is 16.7 Å². The van der Waals surface area contributed by atoms with Crippen LogP contribution in [-0.4, -0.2) is 23.7 Å². The van der Waals surface area contributed by atoms with Gasteiger partial charge in [-0.25, -0.2) is 0 Å². The molecule has 0 aromatic heterocycles. The van der Waals surface area contributed by atoms with Gasteiger partial charge in [0.25, 0.3) is 5.91 Å². The van der Waals surface area contributed by atoms with Crippen LogP contribution in [0.25, 0.3) is 0 Å². The molecule has 188 valence electrons. The first-order valence-electron chi connectivity index (χ1n) is 12.2. The molecule has 7 heteroatoms. The molecule has 3 aromatic rings. The van der Waals surface area contributed by atoms with Gasteiger partial charge in [-0.15, -0.1) is 0 Å². The second-order valence-corrected chi connectivity index (χ2v) is 9.93. The van der Waals surface area contributed by atoms with Gasteiger partial charge in [0.15, 0.2) is 0 Å². The fourth-order valence-corrected chi connectivity index (χ4v) is 5.51. The molecular weight excluding hydrogens is 482 g/mol. The maximum Gasteiger partial charge on any atom is 0.265 e. The standard InChI is InChI=1S/C30H29N3O3S/c1-4-36-25-16-14-24(15-17-25)33-29(35)27(18-23-13-9-8-10-20(23)2)37-30(33)26(19-31)28(34)32-21(3)22-11-6-5-7-12-22/h5-17,21,27H,4,18H2,1-3H3,(H,32,34)/b30-26-. The van der Waals surface area contributed by atoms with Gasteiger partial charge in [0.05, 0.1) is 17.9 Å². The highest BCUT2D eigenvalue weighted by atomic mass is 32.2. The van der Waals surface area contributed by atoms with Gasteiger partial charge in [0.1, 0.15) is 22.4 Å². The number of amides is 2. The van der Waals surface area contributed by atoms with Crippen molar-refractivity contribution in [3.63, 3.8) is 0 Å². The summed E-state index contributed by atoms with van der Waals surface area (Å²) in [4.78, 5) is 28.5. The lowest BCUT2D eigenvalue weighted by molar-refractivity contribution is -0.117. The highest BCUT2D eigenvalue weighted by molar-refractivity contribution is 8.05. The molecule has 2 atom stereocenters. The number of aryl methyl sites for hydroxylation is 1. The second-order valence-electron chi connectivity index (χ2n) is 8.74. The summed E-state index contributed by atoms with van der Waals surface area (Å²) in [6.07, 6.45) is 0.494. The van der Waals surface area contributed by atoms with Crippen molar-refractivity contribution in [3.05, 3.63) is 106 Å². The quantitative estimate of drug-likeness (QED) is 0.310. The van der Waals surface area contributed by atoms with Crippen LogP contribution in [0, 0.1) is 18.3 Å². The van der Waals surface area contributed by atoms with E-state index in [-0.39, 0.29) is 17.5 Å². The molecule has 1 fully saturated rings. The Morgan fingerprint density at radius 1 is 1.08 bits per heavy atom. The molecule has 37 heavy (non-hydrogen) atoms. The van der Waals surface area contributed by atoms with Gasteiger partial charge >= 0.3 is 0 Å². The summed E-state index contributed by atoms with van der Waals surface area (Å²) in [5, 5.41) is 12.9. The van der Waals surface area contributed by atoms with E-state index in [9.17, 15) is 14.9 Å². The first-order chi connectivity index (χ1) is 17.9. The van der Waals surface area contributed by atoms with Crippen LogP contribution >= 0.6 is 11.8 Å². The van der Waals surface area contributed by atoms with E-state index >= 15 is 0 Å². The van der Waals surface area contributed by atoms with Gasteiger partial charge in [-0.1, -0.05) is 66.4 Å². The van der Waals surface area contributed by atoms with Gasteiger partial charge in [0.2, 0.25) is 5.91 Å². The zero-order valence-corrected chi connectivity index (χ0v) is 21.9. The predicted molar refractivity (Wildman–Crippen MR) is 147 cm³/mol. The molecule has 0 aliphatic carbocycles. The minimum atomic E-state index is -0.512. The molecule has 3 aromatic carbocycles. The second kappa shape index (κ2) is 11.8. The zero-order chi connectivity index (χ0) is 26.4. The Kier molecular flexibility index (Phi) is 8.32. The van der Waals surface area contributed by atoms with Crippen LogP contribution in [-0.2, 0) is 16.0 Å². The smallest absolute Gasteiger partial charge is 0.265 e. The number of nitriles is 1. The van der Waals surface area contributed by atoms with E-state index in [1.54, 1.807) is 24.3 Å². The molecule has 1 saturated heterocycles. The summed E-state index contributed by atoms with van der Waals surface area (Å²) in [5.74, 6) is 0.00757. The van der Waals surface area contributed by atoms with Crippen molar-refractivity contribution in [2.24, 2.45) is 0 Å². The van der Waals surface area contributed by atoms with Crippen LogP contribution in [0.5, 0.6) is 5.75 Å². The van der Waals surface area contributed by atoms with Crippen molar-refractivity contribution >= 4 is 29.3 Å². The third-order valence-corrected chi connectivity index (χ3v) is 7.49. The van der Waals surface area contributed by atoms with Crippen molar-refractivity contribution in [2.75, 3.05) is 11.5 Å². The van der Waals surface area contributed by atoms with Crippen molar-refractivity contribution in [2.45, 2.75) is 38.5 Å². The number of nitrogens with one attached hydrogen (secondary N) is 1. The average Bonchev–Trinajstić information content (AvgIpc) is 3.22. The molecule has 0 saturated carbocycles. The Morgan fingerprint density at radius 3 is 2.41 bits per heavy atom. The Bertz CT molecular complexity index is 1350. The Balaban J connectivity index is 1.70. The number of ether oxygens (including phenoxy) is 1. The van der Waals surface area contributed by atoms with E-state index in [1.807, 2.05) is 75.4 Å². The number of anilines is 1. The fraction of sp³-hybridized carbons (Fsp3) is 0.233. The van der Waals surface area contributed by atoms with E-state index in [4.69, 9.17) is 4.74 Å². The van der Waals surface area contributed by atoms with Gasteiger partial charge in [0, 0.05) is 5.69 Å². The number of hydrogen-bond donors (Lipinski definition) is 1. The van der Waals surface area contributed by atoms with E-state index < -0.39 is 11.2 Å². The van der Waals surface area contributed by atoms with Crippen LogP contribution in [0.2, 0.25) is 0 Å². The number of carbonyl (C=O) groups excluding carboxylic acids is 2. The number of carbonyl (C=O) groups is 2. The van der Waals surface area contributed by atoms with E-state index in [2.05, 4.69) is 11.4 Å². The van der Waals surface area contributed by atoms with Gasteiger partial charge < -0.3 is 10.1 Å². The minimum Gasteiger partial charge on any atom is -0.494 e. The highest BCUT2D eigenvalue weighted by Gasteiger charge is 2.41. The molecule has 1 aliphatic rings. The Hall–Kier alpha value is -4.02. The summed E-state index contributed by atoms with van der Waals surface area (Å²) in [6.45, 7) is 6.31. The number of hydrogen-bond acceptors (Lipinski definition) is 5. The molecule has 2 unspecified atom stereocenters. The molecule has 1 heterocycles. The van der Waals surface area contributed by atoms with E-state index in [0.717, 1.165) is 16.7 Å². The number of rotatable bonds is 8. The lowest BCUT2D eigenvalue weighted by Crippen LogP contribution is -2.33. The predicted octanol–water partition coefficient (Wildman–Crippen LogP) is 5.70. The summed E-state index contributed by atoms with van der Waals surface area (Å²) in [5.41, 5.74) is 3.58. The Morgan fingerprint density at radius 2 is 1.76 bits per heavy atom. The van der Waals surface area contributed by atoms with Crippen LogP contribution < -0.4 is 15.0 Å². The highest BCUT2D eigenvalue weighted by Crippen LogP contribution is 2.42. The van der Waals surface area contributed by atoms with Crippen molar-refractivity contribution in [1.29, 1.82) is 5.26 Å². The summed E-state index contributed by atoms with van der Waals surface area (Å²) < 4.78 is 5.55. The summed E-state index contributed by atoms with van der Waals surface area (Å²) in [7, 11) is 0. The molecule has 1 N–H and O–H groups in total. The molecule has 0 radical (unpaired) electrons. The monoisotopic (exact) mass is 511 g/mol. The van der Waals surface area contributed by atoms with E-state index in [0.29, 0.717) is 29.5 Å². The number of thioether (sulfide) groups is 1. The van der Waals surface area contributed by atoms with Crippen LogP contribution in [0.3, 0.4) is 0 Å². The molecule has 1 aliphatic heterocycles. The van der Waals surface area contributed by atoms with Gasteiger partial charge in [-0.05, 0) is 68.1 Å². The molecular formula is C30H29N3O3S. The van der Waals surface area contributed by atoms with Crippen molar-refractivity contribution in [1.82, 2.24) is 5.32 Å². The first kappa shape index (κ1) is 26.1. The largest absolute Gasteiger partial charge is 0.494 e. The SMILES string of the molecule is CCOc1ccc(N2C(=O)C(Cc3ccccc3C)S/C2=C(/C#N)C(=O)NC(C)c2ccccc2)cc1. The first-order valence-corrected chi connectivity index (χ1v) is 13.1. The maximum atomic E-state index is 13.7. The molecule has 6 nitrogen and oxygen atoms in total. The lowest BCUT2D eigenvalue weighted by atomic mass is 10.0. The van der Waals surface area contributed by atoms with Crippen LogP contribution in [0.4, 0.5) is 5.69 Å². The van der Waals surface area contributed by atoms with Crippen LogP contribution in [0.15, 0.2) is 89.5 Å². The summed E-state index contributed by atoms with van der Waals surface area (Å²) in [6, 6.07) is 26.4. The summed E-state index contributed by atoms with van der Waals surface area (Å²) >= 11 is 1.27. The van der Waals surface area contributed by atoms with Gasteiger partial charge in [-0.3, -0.25) is 14.5 Å². The molecule has 0 spiro atoms. The molecule has 4 rings (SSSR count). The van der Waals surface area contributed by atoms with Gasteiger partial charge in [-0.2, -0.15) is 5.26 Å². The third-order valence-electron chi connectivity index (χ3n) is 6.23. The fourth-order valence-electron chi connectivity index (χ4n) is 4.21. The lowest BCUT2D eigenvalue weighted by Gasteiger charge is -2.20. The van der Waals surface area contributed by atoms with Crippen molar-refractivity contribution in [3.8, 4) is 11.8 Å². The normalized spacial score (nSPS) is 17.2. The Labute approximate surface area is 221 Å². The third kappa shape index (κ3) is 5.87. The minimum absolute atomic E-state index is 0.0812. The van der Waals surface area contributed by atoms with Crippen LogP contribution in [0.1, 0.15) is 36.6 Å². The molecule has 2 amide bonds.